The van der Waals surface area contributed by atoms with Gasteiger partial charge in [-0.2, -0.15) is 0 Å². The highest BCUT2D eigenvalue weighted by atomic mass is 16.2. The molecule has 0 spiro atoms. The third-order valence-corrected chi connectivity index (χ3v) is 4.17. The van der Waals surface area contributed by atoms with Gasteiger partial charge < -0.3 is 9.88 Å². The van der Waals surface area contributed by atoms with Gasteiger partial charge in [0, 0.05) is 38.4 Å². The van der Waals surface area contributed by atoms with Gasteiger partial charge in [-0.15, -0.1) is 0 Å². The summed E-state index contributed by atoms with van der Waals surface area (Å²) in [5.41, 5.74) is 2.60. The third-order valence-electron chi connectivity index (χ3n) is 4.17. The second-order valence-electron chi connectivity index (χ2n) is 5.78. The highest BCUT2D eigenvalue weighted by molar-refractivity contribution is 5.93. The van der Waals surface area contributed by atoms with Crippen LogP contribution in [-0.2, 0) is 0 Å². The second kappa shape index (κ2) is 7.24. The molecule has 1 fully saturated rings. The van der Waals surface area contributed by atoms with Gasteiger partial charge in [0.25, 0.3) is 5.91 Å². The summed E-state index contributed by atoms with van der Waals surface area (Å²) in [6, 6.07) is 10.3. The lowest BCUT2D eigenvalue weighted by Crippen LogP contribution is -2.48. The number of hydrogen-bond acceptors (Lipinski definition) is 3. The number of nitrogens with zero attached hydrogens (tertiary/aromatic N) is 3. The van der Waals surface area contributed by atoms with Crippen molar-refractivity contribution in [2.45, 2.75) is 6.92 Å². The van der Waals surface area contributed by atoms with Crippen LogP contribution in [0.25, 0.3) is 6.08 Å². The summed E-state index contributed by atoms with van der Waals surface area (Å²) in [5.74, 6) is 0.0308. The second-order valence-corrected chi connectivity index (χ2v) is 5.78. The molecule has 3 rings (SSSR count). The Kier molecular flexibility index (Phi) is 4.88. The lowest BCUT2D eigenvalue weighted by atomic mass is 10.2. The van der Waals surface area contributed by atoms with E-state index in [1.54, 1.807) is 6.33 Å². The van der Waals surface area contributed by atoms with Crippen LogP contribution in [-0.4, -0.2) is 58.4 Å². The Labute approximate surface area is 136 Å². The van der Waals surface area contributed by atoms with Crippen molar-refractivity contribution in [3.05, 3.63) is 59.7 Å². The van der Waals surface area contributed by atoms with E-state index in [0.29, 0.717) is 5.69 Å². The minimum atomic E-state index is 0.0308. The number of aryl methyl sites for hydroxylation is 1. The number of carbonyl (C=O) groups is 1. The first-order chi connectivity index (χ1) is 11.2. The van der Waals surface area contributed by atoms with Gasteiger partial charge in [-0.1, -0.05) is 42.5 Å². The maximum atomic E-state index is 12.4. The molecule has 0 saturated carbocycles. The number of H-pyrrole nitrogens is 1. The Morgan fingerprint density at radius 3 is 2.61 bits per heavy atom. The number of amides is 1. The molecule has 23 heavy (non-hydrogen) atoms. The summed E-state index contributed by atoms with van der Waals surface area (Å²) in [7, 11) is 0. The zero-order valence-electron chi connectivity index (χ0n) is 13.4. The molecule has 5 heteroatoms. The zero-order valence-corrected chi connectivity index (χ0v) is 13.4. The molecule has 0 radical (unpaired) electrons. The van der Waals surface area contributed by atoms with Gasteiger partial charge in [0.2, 0.25) is 0 Å². The van der Waals surface area contributed by atoms with Crippen LogP contribution in [0.5, 0.6) is 0 Å². The number of aromatic nitrogens is 2. The van der Waals surface area contributed by atoms with E-state index in [9.17, 15) is 4.79 Å². The van der Waals surface area contributed by atoms with Crippen molar-refractivity contribution in [1.29, 1.82) is 0 Å². The van der Waals surface area contributed by atoms with Crippen LogP contribution in [0.4, 0.5) is 0 Å². The number of carbonyl (C=O) groups excluding carboxylic acids is 1. The zero-order chi connectivity index (χ0) is 16.1. The number of nitrogens with one attached hydrogen (secondary N) is 1. The average Bonchev–Trinajstić information content (AvgIpc) is 3.02. The number of aromatic amines is 1. The van der Waals surface area contributed by atoms with Crippen LogP contribution < -0.4 is 0 Å². The number of hydrogen-bond donors (Lipinski definition) is 1. The molecule has 1 aromatic carbocycles. The highest BCUT2D eigenvalue weighted by Crippen LogP contribution is 2.10. The molecule has 1 amide bonds. The molecular formula is C18H22N4O. The summed E-state index contributed by atoms with van der Waals surface area (Å²) in [4.78, 5) is 23.7. The largest absolute Gasteiger partial charge is 0.348 e. The standard InChI is InChI=1S/C18H22N4O/c1-15-17(20-14-19-15)18(23)22-12-10-21(11-13-22)9-5-8-16-6-3-2-4-7-16/h2-8,14H,9-13H2,1H3,(H,19,20)/b8-5-. The third kappa shape index (κ3) is 3.87. The summed E-state index contributed by atoms with van der Waals surface area (Å²) in [6.45, 7) is 6.10. The van der Waals surface area contributed by atoms with Crippen LogP contribution >= 0.6 is 0 Å². The molecule has 0 atom stereocenters. The number of rotatable bonds is 4. The topological polar surface area (TPSA) is 52.2 Å². The van der Waals surface area contributed by atoms with Crippen molar-refractivity contribution >= 4 is 12.0 Å². The molecule has 1 saturated heterocycles. The molecule has 0 aliphatic carbocycles. The van der Waals surface area contributed by atoms with E-state index in [2.05, 4.69) is 39.2 Å². The van der Waals surface area contributed by atoms with Crippen molar-refractivity contribution in [2.24, 2.45) is 0 Å². The number of benzene rings is 1. The monoisotopic (exact) mass is 310 g/mol. The van der Waals surface area contributed by atoms with E-state index < -0.39 is 0 Å². The fraction of sp³-hybridized carbons (Fsp3) is 0.333. The Morgan fingerprint density at radius 2 is 1.96 bits per heavy atom. The van der Waals surface area contributed by atoms with Crippen LogP contribution in [0.2, 0.25) is 0 Å². The molecule has 2 heterocycles. The Morgan fingerprint density at radius 1 is 1.22 bits per heavy atom. The molecule has 0 bridgehead atoms. The van der Waals surface area contributed by atoms with Crippen molar-refractivity contribution in [3.63, 3.8) is 0 Å². The van der Waals surface area contributed by atoms with E-state index in [4.69, 9.17) is 0 Å². The molecule has 5 nitrogen and oxygen atoms in total. The van der Waals surface area contributed by atoms with Gasteiger partial charge in [-0.05, 0) is 12.5 Å². The fourth-order valence-electron chi connectivity index (χ4n) is 2.76. The van der Waals surface area contributed by atoms with E-state index in [1.165, 1.54) is 5.56 Å². The summed E-state index contributed by atoms with van der Waals surface area (Å²) < 4.78 is 0. The fourth-order valence-corrected chi connectivity index (χ4v) is 2.76. The van der Waals surface area contributed by atoms with Gasteiger partial charge in [0.1, 0.15) is 5.69 Å². The minimum Gasteiger partial charge on any atom is -0.348 e. The number of imidazole rings is 1. The lowest BCUT2D eigenvalue weighted by Gasteiger charge is -2.33. The van der Waals surface area contributed by atoms with Crippen molar-refractivity contribution in [3.8, 4) is 0 Å². The van der Waals surface area contributed by atoms with Crippen molar-refractivity contribution in [1.82, 2.24) is 19.8 Å². The average molecular weight is 310 g/mol. The first-order valence-electron chi connectivity index (χ1n) is 7.97. The van der Waals surface area contributed by atoms with E-state index in [0.717, 1.165) is 38.4 Å². The maximum absolute atomic E-state index is 12.4. The Balaban J connectivity index is 1.48. The quantitative estimate of drug-likeness (QED) is 0.942. The Bertz CT molecular complexity index is 669. The highest BCUT2D eigenvalue weighted by Gasteiger charge is 2.23. The molecule has 1 aliphatic heterocycles. The predicted molar refractivity (Wildman–Crippen MR) is 91.1 cm³/mol. The van der Waals surface area contributed by atoms with Gasteiger partial charge in [0.05, 0.1) is 6.33 Å². The van der Waals surface area contributed by atoms with E-state index >= 15 is 0 Å². The molecule has 1 aliphatic rings. The van der Waals surface area contributed by atoms with Crippen LogP contribution in [0.1, 0.15) is 21.7 Å². The van der Waals surface area contributed by atoms with Gasteiger partial charge in [0.15, 0.2) is 0 Å². The van der Waals surface area contributed by atoms with E-state index in [-0.39, 0.29) is 5.91 Å². The van der Waals surface area contributed by atoms with Gasteiger partial charge in [-0.25, -0.2) is 4.98 Å². The van der Waals surface area contributed by atoms with Crippen LogP contribution in [0, 0.1) is 6.92 Å². The summed E-state index contributed by atoms with van der Waals surface area (Å²) in [5, 5.41) is 0. The summed E-state index contributed by atoms with van der Waals surface area (Å²) in [6.07, 6.45) is 5.91. The van der Waals surface area contributed by atoms with E-state index in [1.807, 2.05) is 30.0 Å². The molecule has 1 aromatic heterocycles. The SMILES string of the molecule is Cc1[nH]cnc1C(=O)N1CCN(C/C=C\c2ccccc2)CC1. The van der Waals surface area contributed by atoms with Crippen LogP contribution in [0.3, 0.4) is 0 Å². The molecular weight excluding hydrogens is 288 g/mol. The molecule has 0 unspecified atom stereocenters. The molecule has 1 N–H and O–H groups in total. The first kappa shape index (κ1) is 15.5. The lowest BCUT2D eigenvalue weighted by molar-refractivity contribution is 0.0644. The maximum Gasteiger partial charge on any atom is 0.274 e. The predicted octanol–water partition coefficient (Wildman–Crippen LogP) is 2.19. The molecule has 120 valence electrons. The summed E-state index contributed by atoms with van der Waals surface area (Å²) >= 11 is 0. The van der Waals surface area contributed by atoms with Gasteiger partial charge in [-0.3, -0.25) is 9.69 Å². The normalized spacial score (nSPS) is 16.1. The number of piperazine rings is 1. The first-order valence-corrected chi connectivity index (χ1v) is 7.97. The van der Waals surface area contributed by atoms with Crippen molar-refractivity contribution < 1.29 is 4.79 Å². The minimum absolute atomic E-state index is 0.0308. The van der Waals surface area contributed by atoms with Crippen molar-refractivity contribution in [2.75, 3.05) is 32.7 Å². The smallest absolute Gasteiger partial charge is 0.274 e. The van der Waals surface area contributed by atoms with Gasteiger partial charge >= 0.3 is 0 Å². The van der Waals surface area contributed by atoms with Crippen LogP contribution in [0.15, 0.2) is 42.7 Å². The molecule has 2 aromatic rings. The Hall–Kier alpha value is -2.40.